The van der Waals surface area contributed by atoms with Gasteiger partial charge < -0.3 is 4.57 Å². The summed E-state index contributed by atoms with van der Waals surface area (Å²) in [6.45, 7) is 10.5. The monoisotopic (exact) mass is 475 g/mol. The van der Waals surface area contributed by atoms with Crippen LogP contribution in [0.3, 0.4) is 0 Å². The van der Waals surface area contributed by atoms with Crippen LogP contribution in [-0.4, -0.2) is 31.5 Å². The highest BCUT2D eigenvalue weighted by atomic mass is 32.2. The zero-order valence-corrected chi connectivity index (χ0v) is 21.6. The molecule has 1 N–H and O–H groups in total. The molecule has 1 aromatic carbocycles. The summed E-state index contributed by atoms with van der Waals surface area (Å²) in [6, 6.07) is 8.54. The van der Waals surface area contributed by atoms with Crippen molar-refractivity contribution < 1.29 is 4.79 Å². The van der Waals surface area contributed by atoms with Crippen molar-refractivity contribution in [3.05, 3.63) is 57.9 Å². The molecule has 0 aliphatic carbocycles. The maximum atomic E-state index is 12.9. The summed E-state index contributed by atoms with van der Waals surface area (Å²) in [4.78, 5) is 17.1. The Bertz CT molecular complexity index is 1210. The Labute approximate surface area is 206 Å². The van der Waals surface area contributed by atoms with Gasteiger partial charge in [0, 0.05) is 17.1 Å². The largest absolute Gasteiger partial charge is 0.318 e. The van der Waals surface area contributed by atoms with Gasteiger partial charge >= 0.3 is 0 Å². The number of aryl methyl sites for hydroxylation is 3. The van der Waals surface area contributed by atoms with E-state index in [1.165, 1.54) is 53.6 Å². The Morgan fingerprint density at radius 3 is 2.41 bits per heavy atom. The number of hydrogen-bond acceptors (Lipinski definition) is 4. The first-order valence-corrected chi connectivity index (χ1v) is 12.9. The summed E-state index contributed by atoms with van der Waals surface area (Å²) < 4.78 is 2.19. The molecule has 0 unspecified atom stereocenters. The van der Waals surface area contributed by atoms with E-state index >= 15 is 0 Å². The first-order chi connectivity index (χ1) is 16.3. The molecule has 0 atom stereocenters. The van der Waals surface area contributed by atoms with Crippen LogP contribution in [-0.2, 0) is 4.79 Å². The lowest BCUT2D eigenvalue weighted by Crippen LogP contribution is -2.35. The van der Waals surface area contributed by atoms with Gasteiger partial charge in [-0.3, -0.25) is 10.2 Å². The molecule has 1 amide bonds. The van der Waals surface area contributed by atoms with Gasteiger partial charge in [0.05, 0.1) is 5.57 Å². The number of rotatable bonds is 8. The van der Waals surface area contributed by atoms with Crippen LogP contribution in [0.15, 0.2) is 39.9 Å². The topological polar surface area (TPSA) is 73.8 Å². The minimum atomic E-state index is -0.376. The van der Waals surface area contributed by atoms with E-state index in [-0.39, 0.29) is 17.3 Å². The van der Waals surface area contributed by atoms with E-state index in [4.69, 9.17) is 5.41 Å². The standard InChI is InChI=1S/C27H33N5OS/c1-6-7-8-9-10-11-24-30-32-25(28)23(26(33)29-27(32)34-24)16-21-15-19(4)31(20(21)5)22-13-17(2)12-18(3)14-22/h12-16,28H,6-11H2,1-5H3/b23-16+,28-25?. The van der Waals surface area contributed by atoms with Crippen molar-refractivity contribution in [2.75, 3.05) is 0 Å². The molecule has 178 valence electrons. The number of thioether (sulfide) groups is 1. The fraction of sp³-hybridized carbons (Fsp3) is 0.407. The summed E-state index contributed by atoms with van der Waals surface area (Å²) in [5.74, 6) is -0.279. The predicted octanol–water partition coefficient (Wildman–Crippen LogP) is 6.69. The maximum absolute atomic E-state index is 12.9. The van der Waals surface area contributed by atoms with Gasteiger partial charge in [0.15, 0.2) is 5.84 Å². The highest BCUT2D eigenvalue weighted by molar-refractivity contribution is 8.26. The fourth-order valence-corrected chi connectivity index (χ4v) is 5.51. The molecule has 0 saturated carbocycles. The summed E-state index contributed by atoms with van der Waals surface area (Å²) in [7, 11) is 0. The van der Waals surface area contributed by atoms with Crippen LogP contribution in [0.1, 0.15) is 73.5 Å². The molecule has 0 saturated heterocycles. The second-order valence-corrected chi connectivity index (χ2v) is 10.2. The Balaban J connectivity index is 1.58. The predicted molar refractivity (Wildman–Crippen MR) is 143 cm³/mol. The molecule has 0 spiro atoms. The molecule has 4 rings (SSSR count). The SMILES string of the molecule is CCCCCCCC1=NN2C(=N)/C(=C\c3cc(C)n(-c4cc(C)cc(C)c4)c3C)C(=O)N=C2S1. The number of nitrogens with zero attached hydrogens (tertiary/aromatic N) is 4. The number of hydrazone groups is 1. The third-order valence-corrected chi connectivity index (χ3v) is 7.19. The zero-order chi connectivity index (χ0) is 24.4. The number of aliphatic imine (C=N–C) groups is 1. The van der Waals surface area contributed by atoms with Crippen LogP contribution in [0.4, 0.5) is 0 Å². The van der Waals surface area contributed by atoms with Gasteiger partial charge in [-0.15, -0.1) is 0 Å². The Morgan fingerprint density at radius 2 is 1.71 bits per heavy atom. The van der Waals surface area contributed by atoms with Gasteiger partial charge in [0.2, 0.25) is 5.17 Å². The zero-order valence-electron chi connectivity index (χ0n) is 20.7. The normalized spacial score (nSPS) is 16.9. The molecule has 0 radical (unpaired) electrons. The Hall–Kier alpha value is -2.93. The minimum absolute atomic E-state index is 0.0969. The summed E-state index contributed by atoms with van der Waals surface area (Å²) >= 11 is 1.42. The van der Waals surface area contributed by atoms with E-state index in [1.807, 2.05) is 6.92 Å². The highest BCUT2D eigenvalue weighted by Crippen LogP contribution is 2.31. The number of amidine groups is 2. The lowest BCUT2D eigenvalue weighted by Gasteiger charge is -2.20. The maximum Gasteiger partial charge on any atom is 0.283 e. The summed E-state index contributed by atoms with van der Waals surface area (Å²) in [5.41, 5.74) is 6.81. The van der Waals surface area contributed by atoms with Crippen LogP contribution < -0.4 is 0 Å². The number of nitrogens with one attached hydrogen (secondary N) is 1. The molecular weight excluding hydrogens is 442 g/mol. The van der Waals surface area contributed by atoms with Gasteiger partial charge in [-0.05, 0) is 93.3 Å². The smallest absolute Gasteiger partial charge is 0.283 e. The molecule has 0 bridgehead atoms. The van der Waals surface area contributed by atoms with Gasteiger partial charge in [-0.25, -0.2) is 0 Å². The number of benzene rings is 1. The van der Waals surface area contributed by atoms with Crippen LogP contribution >= 0.6 is 11.8 Å². The molecule has 34 heavy (non-hydrogen) atoms. The van der Waals surface area contributed by atoms with E-state index in [0.717, 1.165) is 40.5 Å². The molecular formula is C27H33N5OS. The molecule has 2 aliphatic heterocycles. The Kier molecular flexibility index (Phi) is 7.22. The van der Waals surface area contributed by atoms with Gasteiger partial charge in [-0.1, -0.05) is 38.7 Å². The number of aromatic nitrogens is 1. The lowest BCUT2D eigenvalue weighted by molar-refractivity contribution is -0.114. The number of carbonyl (C=O) groups is 1. The second kappa shape index (κ2) is 10.1. The molecule has 3 heterocycles. The number of fused-ring (bicyclic) bond motifs is 1. The fourth-order valence-electron chi connectivity index (χ4n) is 4.58. The Morgan fingerprint density at radius 1 is 1.00 bits per heavy atom. The van der Waals surface area contributed by atoms with Crippen molar-refractivity contribution in [2.45, 2.75) is 73.1 Å². The van der Waals surface area contributed by atoms with Crippen molar-refractivity contribution in [2.24, 2.45) is 10.1 Å². The summed E-state index contributed by atoms with van der Waals surface area (Å²) in [6.07, 6.45) is 8.62. The third-order valence-electron chi connectivity index (χ3n) is 6.23. The van der Waals surface area contributed by atoms with Gasteiger partial charge in [0.25, 0.3) is 5.91 Å². The summed E-state index contributed by atoms with van der Waals surface area (Å²) in [5, 5.41) is 16.2. The third kappa shape index (κ3) is 4.94. The van der Waals surface area contributed by atoms with E-state index < -0.39 is 0 Å². The van der Waals surface area contributed by atoms with Gasteiger partial charge in [0.1, 0.15) is 5.04 Å². The van der Waals surface area contributed by atoms with Crippen molar-refractivity contribution in [1.82, 2.24) is 9.58 Å². The van der Waals surface area contributed by atoms with Crippen molar-refractivity contribution in [1.29, 1.82) is 5.41 Å². The lowest BCUT2D eigenvalue weighted by atomic mass is 10.1. The van der Waals surface area contributed by atoms with Crippen molar-refractivity contribution >= 4 is 39.8 Å². The quantitative estimate of drug-likeness (QED) is 0.341. The van der Waals surface area contributed by atoms with Crippen molar-refractivity contribution in [3.63, 3.8) is 0 Å². The molecule has 1 aromatic heterocycles. The number of unbranched alkanes of at least 4 members (excludes halogenated alkanes) is 4. The van der Waals surface area contributed by atoms with Crippen LogP contribution in [0, 0.1) is 33.1 Å². The van der Waals surface area contributed by atoms with E-state index in [0.29, 0.717) is 5.17 Å². The average molecular weight is 476 g/mol. The minimum Gasteiger partial charge on any atom is -0.318 e. The van der Waals surface area contributed by atoms with Crippen LogP contribution in [0.25, 0.3) is 11.8 Å². The van der Waals surface area contributed by atoms with Crippen LogP contribution in [0.2, 0.25) is 0 Å². The molecule has 7 heteroatoms. The first kappa shape index (κ1) is 24.2. The molecule has 2 aromatic rings. The number of hydrogen-bond donors (Lipinski definition) is 1. The number of amides is 1. The molecule has 0 fully saturated rings. The van der Waals surface area contributed by atoms with E-state index in [1.54, 1.807) is 6.08 Å². The average Bonchev–Trinajstić information content (AvgIpc) is 3.30. The molecule has 2 aliphatic rings. The van der Waals surface area contributed by atoms with Crippen LogP contribution in [0.5, 0.6) is 0 Å². The van der Waals surface area contributed by atoms with Gasteiger partial charge in [-0.2, -0.15) is 15.1 Å². The van der Waals surface area contributed by atoms with E-state index in [2.05, 4.69) is 66.6 Å². The van der Waals surface area contributed by atoms with Crippen molar-refractivity contribution in [3.8, 4) is 5.69 Å². The molecule has 6 nitrogen and oxygen atoms in total. The second-order valence-electron chi connectivity index (χ2n) is 9.19. The number of carbonyl (C=O) groups excluding carboxylic acids is 1. The first-order valence-electron chi connectivity index (χ1n) is 12.0. The highest BCUT2D eigenvalue weighted by Gasteiger charge is 2.35. The van der Waals surface area contributed by atoms with E-state index in [9.17, 15) is 4.79 Å².